The number of aromatic hydroxyl groups is 1. The average molecular weight is 225 g/mol. The molecule has 0 bridgehead atoms. The molecule has 0 aromatic heterocycles. The molecule has 88 valence electrons. The van der Waals surface area contributed by atoms with Gasteiger partial charge < -0.3 is 9.84 Å². The number of nitrogens with zero attached hydrogens (tertiary/aromatic N) is 1. The first kappa shape index (κ1) is 11.4. The molecule has 0 amide bonds. The predicted molar refractivity (Wildman–Crippen MR) is 58.8 cm³/mol. The lowest BCUT2D eigenvalue weighted by atomic mass is 10.2. The molecular weight excluding hydrogens is 209 g/mol. The number of ether oxygens (including phenoxy) is 1. The van der Waals surface area contributed by atoms with Gasteiger partial charge in [0, 0.05) is 32.3 Å². The first-order valence-corrected chi connectivity index (χ1v) is 5.52. The molecule has 1 saturated heterocycles. The van der Waals surface area contributed by atoms with Crippen LogP contribution in [0.15, 0.2) is 18.2 Å². The van der Waals surface area contributed by atoms with Gasteiger partial charge in [0.1, 0.15) is 11.6 Å². The smallest absolute Gasteiger partial charge is 0.127 e. The van der Waals surface area contributed by atoms with Crippen LogP contribution in [0.3, 0.4) is 0 Å². The highest BCUT2D eigenvalue weighted by molar-refractivity contribution is 5.28. The minimum absolute atomic E-state index is 0.0129. The van der Waals surface area contributed by atoms with E-state index >= 15 is 0 Å². The van der Waals surface area contributed by atoms with E-state index in [2.05, 4.69) is 4.90 Å². The summed E-state index contributed by atoms with van der Waals surface area (Å²) in [5.41, 5.74) is 0.805. The first-order chi connectivity index (χ1) is 7.74. The second-order valence-corrected chi connectivity index (χ2v) is 4.06. The molecule has 0 radical (unpaired) electrons. The third-order valence-electron chi connectivity index (χ3n) is 2.66. The fourth-order valence-electron chi connectivity index (χ4n) is 1.94. The minimum atomic E-state index is -0.388. The molecule has 1 aromatic carbocycles. The van der Waals surface area contributed by atoms with Gasteiger partial charge >= 0.3 is 0 Å². The summed E-state index contributed by atoms with van der Waals surface area (Å²) < 4.78 is 18.4. The van der Waals surface area contributed by atoms with Crippen molar-refractivity contribution in [2.24, 2.45) is 0 Å². The van der Waals surface area contributed by atoms with E-state index in [9.17, 15) is 9.50 Å². The van der Waals surface area contributed by atoms with Crippen molar-refractivity contribution in [2.45, 2.75) is 13.0 Å². The third-order valence-corrected chi connectivity index (χ3v) is 2.66. The van der Waals surface area contributed by atoms with Gasteiger partial charge in [-0.2, -0.15) is 0 Å². The van der Waals surface area contributed by atoms with Crippen molar-refractivity contribution in [3.05, 3.63) is 29.6 Å². The zero-order chi connectivity index (χ0) is 11.4. The normalized spacial score (nSPS) is 18.3. The monoisotopic (exact) mass is 225 g/mol. The van der Waals surface area contributed by atoms with Crippen molar-refractivity contribution in [3.63, 3.8) is 0 Å². The maximum atomic E-state index is 13.1. The molecular formula is C12H16FNO2. The third kappa shape index (κ3) is 3.18. The molecule has 16 heavy (non-hydrogen) atoms. The second-order valence-electron chi connectivity index (χ2n) is 4.06. The molecule has 1 aliphatic rings. The van der Waals surface area contributed by atoms with E-state index in [-0.39, 0.29) is 11.6 Å². The lowest BCUT2D eigenvalue weighted by Crippen LogP contribution is -2.25. The Morgan fingerprint density at radius 1 is 1.25 bits per heavy atom. The van der Waals surface area contributed by atoms with Crippen LogP contribution in [0.2, 0.25) is 0 Å². The molecule has 2 rings (SSSR count). The van der Waals surface area contributed by atoms with Gasteiger partial charge in [-0.3, -0.25) is 4.90 Å². The molecule has 1 heterocycles. The molecule has 1 aromatic rings. The minimum Gasteiger partial charge on any atom is -0.508 e. The van der Waals surface area contributed by atoms with Crippen LogP contribution < -0.4 is 0 Å². The molecule has 1 aliphatic heterocycles. The summed E-state index contributed by atoms with van der Waals surface area (Å²) in [5, 5.41) is 9.30. The first-order valence-electron chi connectivity index (χ1n) is 5.52. The molecule has 1 N–H and O–H groups in total. The fourth-order valence-corrected chi connectivity index (χ4v) is 1.94. The van der Waals surface area contributed by atoms with Gasteiger partial charge in [0.05, 0.1) is 6.61 Å². The largest absolute Gasteiger partial charge is 0.508 e. The van der Waals surface area contributed by atoms with E-state index in [0.717, 1.165) is 44.4 Å². The van der Waals surface area contributed by atoms with Crippen molar-refractivity contribution in [2.75, 3.05) is 26.3 Å². The van der Waals surface area contributed by atoms with Crippen LogP contribution in [0, 0.1) is 5.82 Å². The second kappa shape index (κ2) is 5.27. The Balaban J connectivity index is 2.01. The van der Waals surface area contributed by atoms with Gasteiger partial charge in [0.25, 0.3) is 0 Å². The van der Waals surface area contributed by atoms with Crippen LogP contribution in [-0.4, -0.2) is 36.3 Å². The maximum Gasteiger partial charge on any atom is 0.127 e. The highest BCUT2D eigenvalue weighted by atomic mass is 19.1. The summed E-state index contributed by atoms with van der Waals surface area (Å²) in [6.45, 7) is 4.00. The number of halogens is 1. The van der Waals surface area contributed by atoms with Gasteiger partial charge in [-0.05, 0) is 24.1 Å². The van der Waals surface area contributed by atoms with Crippen molar-refractivity contribution in [1.29, 1.82) is 0 Å². The fraction of sp³-hybridized carbons (Fsp3) is 0.500. The zero-order valence-corrected chi connectivity index (χ0v) is 9.16. The van der Waals surface area contributed by atoms with E-state index in [1.165, 1.54) is 6.07 Å². The van der Waals surface area contributed by atoms with Crippen LogP contribution in [0.1, 0.15) is 12.0 Å². The SMILES string of the molecule is Oc1cc(F)cc(CN2CCCOCC2)c1. The highest BCUT2D eigenvalue weighted by Gasteiger charge is 2.10. The van der Waals surface area contributed by atoms with E-state index in [0.29, 0.717) is 6.54 Å². The zero-order valence-electron chi connectivity index (χ0n) is 9.16. The van der Waals surface area contributed by atoms with Crippen LogP contribution >= 0.6 is 0 Å². The van der Waals surface area contributed by atoms with Gasteiger partial charge in [-0.25, -0.2) is 4.39 Å². The quantitative estimate of drug-likeness (QED) is 0.832. The molecule has 0 unspecified atom stereocenters. The molecule has 0 aliphatic carbocycles. The summed E-state index contributed by atoms with van der Waals surface area (Å²) in [6, 6.07) is 4.19. The number of phenolic OH excluding ortho intramolecular Hbond substituents is 1. The molecule has 0 spiro atoms. The van der Waals surface area contributed by atoms with E-state index in [1.54, 1.807) is 6.07 Å². The maximum absolute atomic E-state index is 13.1. The van der Waals surface area contributed by atoms with Crippen molar-refractivity contribution in [1.82, 2.24) is 4.90 Å². The Kier molecular flexibility index (Phi) is 3.74. The average Bonchev–Trinajstić information content (AvgIpc) is 2.44. The van der Waals surface area contributed by atoms with Gasteiger partial charge in [-0.15, -0.1) is 0 Å². The van der Waals surface area contributed by atoms with Crippen LogP contribution in [0.25, 0.3) is 0 Å². The van der Waals surface area contributed by atoms with Crippen LogP contribution in [-0.2, 0) is 11.3 Å². The van der Waals surface area contributed by atoms with E-state index in [4.69, 9.17) is 4.74 Å². The standard InChI is InChI=1S/C12H16FNO2/c13-11-6-10(7-12(15)8-11)9-14-2-1-4-16-5-3-14/h6-8,15H,1-5,9H2. The Labute approximate surface area is 94.4 Å². The predicted octanol–water partition coefficient (Wildman–Crippen LogP) is 1.75. The summed E-state index contributed by atoms with van der Waals surface area (Å²) in [6.07, 6.45) is 1.00. The Morgan fingerprint density at radius 2 is 2.12 bits per heavy atom. The van der Waals surface area contributed by atoms with Crippen LogP contribution in [0.4, 0.5) is 4.39 Å². The van der Waals surface area contributed by atoms with Crippen molar-refractivity contribution < 1.29 is 14.2 Å². The number of benzene rings is 1. The number of phenols is 1. The molecule has 0 saturated carbocycles. The summed E-state index contributed by atoms with van der Waals surface area (Å²) >= 11 is 0. The van der Waals surface area contributed by atoms with Crippen molar-refractivity contribution >= 4 is 0 Å². The summed E-state index contributed by atoms with van der Waals surface area (Å²) in [7, 11) is 0. The van der Waals surface area contributed by atoms with Crippen LogP contribution in [0.5, 0.6) is 5.75 Å². The molecule has 4 heteroatoms. The van der Waals surface area contributed by atoms with Gasteiger partial charge in [0.15, 0.2) is 0 Å². The Morgan fingerprint density at radius 3 is 2.94 bits per heavy atom. The molecule has 0 atom stereocenters. The van der Waals surface area contributed by atoms with E-state index < -0.39 is 0 Å². The topological polar surface area (TPSA) is 32.7 Å². The highest BCUT2D eigenvalue weighted by Crippen LogP contribution is 2.16. The lowest BCUT2D eigenvalue weighted by molar-refractivity contribution is 0.140. The molecule has 1 fully saturated rings. The Bertz CT molecular complexity index is 329. The number of hydrogen-bond acceptors (Lipinski definition) is 3. The number of hydrogen-bond donors (Lipinski definition) is 1. The molecule has 3 nitrogen and oxygen atoms in total. The van der Waals surface area contributed by atoms with Gasteiger partial charge in [0.2, 0.25) is 0 Å². The lowest BCUT2D eigenvalue weighted by Gasteiger charge is -2.19. The number of rotatable bonds is 2. The van der Waals surface area contributed by atoms with Crippen molar-refractivity contribution in [3.8, 4) is 5.75 Å². The van der Waals surface area contributed by atoms with Gasteiger partial charge in [-0.1, -0.05) is 0 Å². The Hall–Kier alpha value is -1.13. The summed E-state index contributed by atoms with van der Waals surface area (Å²) in [4.78, 5) is 2.21. The summed E-state index contributed by atoms with van der Waals surface area (Å²) in [5.74, 6) is -0.401. The van der Waals surface area contributed by atoms with E-state index in [1.807, 2.05) is 0 Å².